The minimum atomic E-state index is -0.510. The third kappa shape index (κ3) is 3.10. The predicted octanol–water partition coefficient (Wildman–Crippen LogP) is 1.57. The molecule has 3 N–H and O–H groups in total. The van der Waals surface area contributed by atoms with Crippen LogP contribution in [0.5, 0.6) is 0 Å². The zero-order chi connectivity index (χ0) is 13.0. The Morgan fingerprint density at radius 2 is 1.94 bits per heavy atom. The number of benzene rings is 1. The van der Waals surface area contributed by atoms with Crippen molar-refractivity contribution in [3.8, 4) is 0 Å². The van der Waals surface area contributed by atoms with Crippen LogP contribution in [-0.4, -0.2) is 29.4 Å². The SMILES string of the molecule is CC(NCCO)C(O)c1ccc2c(c1)CCCC2. The molecular weight excluding hydrogens is 226 g/mol. The lowest BCUT2D eigenvalue weighted by Crippen LogP contribution is -2.34. The summed E-state index contributed by atoms with van der Waals surface area (Å²) in [6.45, 7) is 2.56. The zero-order valence-electron chi connectivity index (χ0n) is 11.0. The first-order valence-corrected chi connectivity index (χ1v) is 6.86. The van der Waals surface area contributed by atoms with Gasteiger partial charge in [0.05, 0.1) is 12.7 Å². The third-order valence-electron chi connectivity index (χ3n) is 3.77. The first-order chi connectivity index (χ1) is 8.72. The molecule has 1 aromatic carbocycles. The smallest absolute Gasteiger partial charge is 0.0940 e. The third-order valence-corrected chi connectivity index (χ3v) is 3.77. The van der Waals surface area contributed by atoms with Gasteiger partial charge in [0.15, 0.2) is 0 Å². The van der Waals surface area contributed by atoms with Crippen molar-refractivity contribution in [1.82, 2.24) is 5.32 Å². The molecule has 0 saturated carbocycles. The van der Waals surface area contributed by atoms with Gasteiger partial charge in [-0.25, -0.2) is 0 Å². The summed E-state index contributed by atoms with van der Waals surface area (Å²) in [7, 11) is 0. The quantitative estimate of drug-likeness (QED) is 0.742. The van der Waals surface area contributed by atoms with Gasteiger partial charge in [0.1, 0.15) is 0 Å². The van der Waals surface area contributed by atoms with Gasteiger partial charge in [-0.15, -0.1) is 0 Å². The molecule has 1 aliphatic rings. The Labute approximate surface area is 109 Å². The van der Waals surface area contributed by atoms with Crippen LogP contribution in [0.15, 0.2) is 18.2 Å². The Morgan fingerprint density at radius 1 is 1.22 bits per heavy atom. The first-order valence-electron chi connectivity index (χ1n) is 6.86. The molecule has 0 spiro atoms. The van der Waals surface area contributed by atoms with E-state index in [1.54, 1.807) is 0 Å². The number of aryl methyl sites for hydroxylation is 2. The number of aliphatic hydroxyl groups excluding tert-OH is 2. The topological polar surface area (TPSA) is 52.5 Å². The van der Waals surface area contributed by atoms with Crippen LogP contribution in [0.1, 0.15) is 42.6 Å². The minimum absolute atomic E-state index is 0.0428. The van der Waals surface area contributed by atoms with E-state index in [-0.39, 0.29) is 12.6 Å². The number of fused-ring (bicyclic) bond motifs is 1. The van der Waals surface area contributed by atoms with Crippen molar-refractivity contribution in [2.24, 2.45) is 0 Å². The second-order valence-electron chi connectivity index (χ2n) is 5.15. The van der Waals surface area contributed by atoms with Crippen LogP contribution >= 0.6 is 0 Å². The Kier molecular flexibility index (Phi) is 4.75. The summed E-state index contributed by atoms with van der Waals surface area (Å²) in [5.74, 6) is 0. The molecule has 0 aromatic heterocycles. The molecular formula is C15H23NO2. The lowest BCUT2D eigenvalue weighted by Gasteiger charge is -2.23. The molecule has 0 bridgehead atoms. The van der Waals surface area contributed by atoms with E-state index in [0.717, 1.165) is 12.0 Å². The van der Waals surface area contributed by atoms with E-state index < -0.39 is 6.10 Å². The van der Waals surface area contributed by atoms with Crippen LogP contribution in [0.4, 0.5) is 0 Å². The van der Waals surface area contributed by atoms with E-state index in [1.807, 2.05) is 13.0 Å². The van der Waals surface area contributed by atoms with E-state index in [0.29, 0.717) is 6.54 Å². The summed E-state index contributed by atoms with van der Waals surface area (Å²) in [6.07, 6.45) is 4.33. The molecule has 2 rings (SSSR count). The van der Waals surface area contributed by atoms with Crippen molar-refractivity contribution < 1.29 is 10.2 Å². The van der Waals surface area contributed by atoms with Crippen LogP contribution < -0.4 is 5.32 Å². The van der Waals surface area contributed by atoms with E-state index in [9.17, 15) is 5.11 Å². The summed E-state index contributed by atoms with van der Waals surface area (Å²) in [6, 6.07) is 6.30. The van der Waals surface area contributed by atoms with Gasteiger partial charge in [-0.05, 0) is 49.3 Å². The maximum Gasteiger partial charge on any atom is 0.0940 e. The fraction of sp³-hybridized carbons (Fsp3) is 0.600. The number of rotatable bonds is 5. The van der Waals surface area contributed by atoms with Crippen molar-refractivity contribution in [2.45, 2.75) is 44.8 Å². The van der Waals surface area contributed by atoms with Crippen molar-refractivity contribution in [1.29, 1.82) is 0 Å². The molecule has 0 heterocycles. The highest BCUT2D eigenvalue weighted by molar-refractivity contribution is 5.35. The van der Waals surface area contributed by atoms with Gasteiger partial charge in [0.2, 0.25) is 0 Å². The fourth-order valence-electron chi connectivity index (χ4n) is 2.63. The molecule has 0 fully saturated rings. The normalized spacial score (nSPS) is 18.2. The maximum absolute atomic E-state index is 10.3. The van der Waals surface area contributed by atoms with Crippen molar-refractivity contribution in [3.05, 3.63) is 34.9 Å². The molecule has 3 heteroatoms. The maximum atomic E-state index is 10.3. The van der Waals surface area contributed by atoms with Gasteiger partial charge in [0, 0.05) is 12.6 Å². The highest BCUT2D eigenvalue weighted by Crippen LogP contribution is 2.25. The lowest BCUT2D eigenvalue weighted by molar-refractivity contribution is 0.132. The predicted molar refractivity (Wildman–Crippen MR) is 72.6 cm³/mol. The van der Waals surface area contributed by atoms with Crippen molar-refractivity contribution >= 4 is 0 Å². The van der Waals surface area contributed by atoms with E-state index in [1.165, 1.54) is 30.4 Å². The molecule has 0 saturated heterocycles. The Bertz CT molecular complexity index is 392. The minimum Gasteiger partial charge on any atom is -0.395 e. The van der Waals surface area contributed by atoms with Crippen LogP contribution in [0.3, 0.4) is 0 Å². The van der Waals surface area contributed by atoms with E-state index in [2.05, 4.69) is 17.4 Å². The number of hydrogen-bond donors (Lipinski definition) is 3. The van der Waals surface area contributed by atoms with Crippen LogP contribution in [0.2, 0.25) is 0 Å². The number of hydrogen-bond acceptors (Lipinski definition) is 3. The highest BCUT2D eigenvalue weighted by Gasteiger charge is 2.18. The molecule has 1 aromatic rings. The number of nitrogens with one attached hydrogen (secondary N) is 1. The molecule has 2 unspecified atom stereocenters. The van der Waals surface area contributed by atoms with Gasteiger partial charge in [-0.3, -0.25) is 0 Å². The second-order valence-corrected chi connectivity index (χ2v) is 5.15. The molecule has 0 amide bonds. The van der Waals surface area contributed by atoms with E-state index >= 15 is 0 Å². The Hall–Kier alpha value is -0.900. The molecule has 18 heavy (non-hydrogen) atoms. The van der Waals surface area contributed by atoms with Crippen molar-refractivity contribution in [2.75, 3.05) is 13.2 Å². The average Bonchev–Trinajstić information content (AvgIpc) is 2.43. The molecule has 0 aliphatic heterocycles. The van der Waals surface area contributed by atoms with Gasteiger partial charge < -0.3 is 15.5 Å². The monoisotopic (exact) mass is 249 g/mol. The largest absolute Gasteiger partial charge is 0.395 e. The summed E-state index contributed by atoms with van der Waals surface area (Å²) >= 11 is 0. The second kappa shape index (κ2) is 6.32. The zero-order valence-corrected chi connectivity index (χ0v) is 11.0. The van der Waals surface area contributed by atoms with Gasteiger partial charge >= 0.3 is 0 Å². The summed E-state index contributed by atoms with van der Waals surface area (Å²) < 4.78 is 0. The standard InChI is InChI=1S/C15H23NO2/c1-11(16-8-9-17)15(18)14-7-6-12-4-2-3-5-13(12)10-14/h6-7,10-11,15-18H,2-5,8-9H2,1H3. The summed E-state index contributed by atoms with van der Waals surface area (Å²) in [4.78, 5) is 0. The molecule has 100 valence electrons. The Balaban J connectivity index is 2.08. The van der Waals surface area contributed by atoms with Gasteiger partial charge in [-0.1, -0.05) is 18.2 Å². The lowest BCUT2D eigenvalue weighted by atomic mass is 9.89. The molecule has 3 nitrogen and oxygen atoms in total. The van der Waals surface area contributed by atoms with Gasteiger partial charge in [-0.2, -0.15) is 0 Å². The fourth-order valence-corrected chi connectivity index (χ4v) is 2.63. The summed E-state index contributed by atoms with van der Waals surface area (Å²) in [5, 5.41) is 22.2. The first kappa shape index (κ1) is 13.5. The average molecular weight is 249 g/mol. The number of aliphatic hydroxyl groups is 2. The van der Waals surface area contributed by atoms with E-state index in [4.69, 9.17) is 5.11 Å². The highest BCUT2D eigenvalue weighted by atomic mass is 16.3. The van der Waals surface area contributed by atoms with Crippen LogP contribution in [0, 0.1) is 0 Å². The van der Waals surface area contributed by atoms with Crippen LogP contribution in [0.25, 0.3) is 0 Å². The van der Waals surface area contributed by atoms with Crippen molar-refractivity contribution in [3.63, 3.8) is 0 Å². The Morgan fingerprint density at radius 3 is 2.67 bits per heavy atom. The molecule has 1 aliphatic carbocycles. The molecule has 0 radical (unpaired) electrons. The van der Waals surface area contributed by atoms with Gasteiger partial charge in [0.25, 0.3) is 0 Å². The van der Waals surface area contributed by atoms with Crippen LogP contribution in [-0.2, 0) is 12.8 Å². The molecule has 2 atom stereocenters. The summed E-state index contributed by atoms with van der Waals surface area (Å²) in [5.41, 5.74) is 3.81.